The average Bonchev–Trinajstić information content (AvgIpc) is 2.26. The summed E-state index contributed by atoms with van der Waals surface area (Å²) >= 11 is 0. The van der Waals surface area contributed by atoms with Crippen LogP contribution in [0.2, 0.25) is 0 Å². The Labute approximate surface area is 104 Å². The molecule has 4 N–H and O–H groups in total. The Hall–Kier alpha value is -0.610. The molecule has 1 aliphatic rings. The predicted octanol–water partition coefficient (Wildman–Crippen LogP) is 1.17. The van der Waals surface area contributed by atoms with Gasteiger partial charge in [-0.15, -0.1) is 0 Å². The van der Waals surface area contributed by atoms with E-state index in [1.54, 1.807) is 6.92 Å². The molecule has 17 heavy (non-hydrogen) atoms. The normalized spacial score (nSPS) is 28.5. The highest BCUT2D eigenvalue weighted by molar-refractivity contribution is 5.85. The van der Waals surface area contributed by atoms with Crippen molar-refractivity contribution in [3.63, 3.8) is 0 Å². The zero-order chi connectivity index (χ0) is 12.9. The third kappa shape index (κ3) is 4.64. The molecule has 1 aliphatic carbocycles. The zero-order valence-corrected chi connectivity index (χ0v) is 11.0. The van der Waals surface area contributed by atoms with Crippen molar-refractivity contribution in [1.29, 1.82) is 0 Å². The van der Waals surface area contributed by atoms with E-state index in [9.17, 15) is 9.90 Å². The summed E-state index contributed by atoms with van der Waals surface area (Å²) in [6.07, 6.45) is 5.26. The molecule has 3 unspecified atom stereocenters. The number of carbonyl (C=O) groups excluding carboxylic acids is 1. The summed E-state index contributed by atoms with van der Waals surface area (Å²) in [6.45, 7) is 4.45. The fourth-order valence-electron chi connectivity index (χ4n) is 2.52. The first-order valence-electron chi connectivity index (χ1n) is 6.71. The molecule has 4 nitrogen and oxygen atoms in total. The van der Waals surface area contributed by atoms with Gasteiger partial charge in [0.15, 0.2) is 0 Å². The second-order valence-corrected chi connectivity index (χ2v) is 5.56. The van der Waals surface area contributed by atoms with E-state index in [4.69, 9.17) is 5.73 Å². The van der Waals surface area contributed by atoms with E-state index in [-0.39, 0.29) is 12.0 Å². The van der Waals surface area contributed by atoms with E-state index >= 15 is 0 Å². The van der Waals surface area contributed by atoms with Crippen LogP contribution in [-0.4, -0.2) is 29.2 Å². The molecule has 0 aromatic rings. The van der Waals surface area contributed by atoms with E-state index in [1.807, 2.05) is 6.92 Å². The molecule has 1 fully saturated rings. The Kier molecular flexibility index (Phi) is 5.40. The van der Waals surface area contributed by atoms with Gasteiger partial charge in [0, 0.05) is 6.54 Å². The summed E-state index contributed by atoms with van der Waals surface area (Å²) in [5, 5.41) is 12.5. The monoisotopic (exact) mass is 242 g/mol. The van der Waals surface area contributed by atoms with Gasteiger partial charge in [-0.3, -0.25) is 4.79 Å². The first kappa shape index (κ1) is 14.5. The van der Waals surface area contributed by atoms with Gasteiger partial charge in [0.05, 0.1) is 11.6 Å². The van der Waals surface area contributed by atoms with Crippen LogP contribution in [0.3, 0.4) is 0 Å². The van der Waals surface area contributed by atoms with Gasteiger partial charge < -0.3 is 16.2 Å². The van der Waals surface area contributed by atoms with Crippen LogP contribution in [0.1, 0.15) is 52.4 Å². The van der Waals surface area contributed by atoms with Gasteiger partial charge in [-0.25, -0.2) is 0 Å². The molecular weight excluding hydrogens is 216 g/mol. The number of aliphatic hydroxyl groups is 1. The van der Waals surface area contributed by atoms with E-state index < -0.39 is 5.54 Å². The van der Waals surface area contributed by atoms with E-state index in [0.29, 0.717) is 18.9 Å². The molecule has 1 amide bonds. The molecule has 0 spiro atoms. The van der Waals surface area contributed by atoms with Gasteiger partial charge in [-0.1, -0.05) is 19.8 Å². The highest BCUT2D eigenvalue weighted by Gasteiger charge is 2.28. The van der Waals surface area contributed by atoms with Crippen molar-refractivity contribution in [3.8, 4) is 0 Å². The lowest BCUT2D eigenvalue weighted by Gasteiger charge is -2.28. The summed E-state index contributed by atoms with van der Waals surface area (Å²) in [6, 6.07) is 0. The molecule has 0 heterocycles. The van der Waals surface area contributed by atoms with Crippen LogP contribution >= 0.6 is 0 Å². The van der Waals surface area contributed by atoms with Crippen molar-refractivity contribution in [1.82, 2.24) is 5.32 Å². The molecule has 1 saturated carbocycles. The molecule has 0 saturated heterocycles. The fourth-order valence-corrected chi connectivity index (χ4v) is 2.52. The Morgan fingerprint density at radius 1 is 1.53 bits per heavy atom. The molecule has 4 heteroatoms. The van der Waals surface area contributed by atoms with Gasteiger partial charge in [0.25, 0.3) is 0 Å². The van der Waals surface area contributed by atoms with E-state index in [0.717, 1.165) is 32.1 Å². The van der Waals surface area contributed by atoms with Crippen molar-refractivity contribution < 1.29 is 9.90 Å². The van der Waals surface area contributed by atoms with Crippen LogP contribution < -0.4 is 11.1 Å². The maximum Gasteiger partial charge on any atom is 0.239 e. The minimum absolute atomic E-state index is 0.0700. The number of nitrogens with one attached hydrogen (secondary N) is 1. The summed E-state index contributed by atoms with van der Waals surface area (Å²) in [7, 11) is 0. The number of amides is 1. The van der Waals surface area contributed by atoms with Crippen LogP contribution in [0.5, 0.6) is 0 Å². The predicted molar refractivity (Wildman–Crippen MR) is 68.5 cm³/mol. The second kappa shape index (κ2) is 6.36. The van der Waals surface area contributed by atoms with E-state index in [2.05, 4.69) is 5.32 Å². The first-order chi connectivity index (χ1) is 7.95. The summed E-state index contributed by atoms with van der Waals surface area (Å²) in [5.74, 6) is 0.333. The Morgan fingerprint density at radius 3 is 2.82 bits per heavy atom. The van der Waals surface area contributed by atoms with Gasteiger partial charge in [0.1, 0.15) is 0 Å². The lowest BCUT2D eigenvalue weighted by molar-refractivity contribution is -0.126. The standard InChI is InChI=1S/C13H26N2O2/c1-3-7-13(2,14)12(17)15-9-10-5-4-6-11(16)8-10/h10-11,16H,3-9,14H2,1-2H3,(H,15,17). The van der Waals surface area contributed by atoms with Crippen LogP contribution in [-0.2, 0) is 4.79 Å². The van der Waals surface area contributed by atoms with Crippen LogP contribution in [0.25, 0.3) is 0 Å². The zero-order valence-electron chi connectivity index (χ0n) is 11.0. The van der Waals surface area contributed by atoms with E-state index in [1.165, 1.54) is 0 Å². The smallest absolute Gasteiger partial charge is 0.239 e. The Balaban J connectivity index is 2.32. The maximum atomic E-state index is 11.9. The van der Waals surface area contributed by atoms with Gasteiger partial charge in [-0.2, -0.15) is 0 Å². The molecular formula is C13H26N2O2. The third-order valence-electron chi connectivity index (χ3n) is 3.59. The Bertz CT molecular complexity index is 254. The number of rotatable bonds is 5. The van der Waals surface area contributed by atoms with Crippen molar-refractivity contribution in [2.24, 2.45) is 11.7 Å². The Morgan fingerprint density at radius 2 is 2.24 bits per heavy atom. The quantitative estimate of drug-likeness (QED) is 0.677. The largest absolute Gasteiger partial charge is 0.393 e. The van der Waals surface area contributed by atoms with Crippen LogP contribution in [0, 0.1) is 5.92 Å². The number of hydrogen-bond acceptors (Lipinski definition) is 3. The highest BCUT2D eigenvalue weighted by atomic mass is 16.3. The molecule has 0 bridgehead atoms. The van der Waals surface area contributed by atoms with Crippen molar-refractivity contribution in [3.05, 3.63) is 0 Å². The van der Waals surface area contributed by atoms with Crippen molar-refractivity contribution >= 4 is 5.91 Å². The summed E-state index contributed by atoms with van der Waals surface area (Å²) in [4.78, 5) is 11.9. The highest BCUT2D eigenvalue weighted by Crippen LogP contribution is 2.23. The van der Waals surface area contributed by atoms with Gasteiger partial charge in [0.2, 0.25) is 5.91 Å². The third-order valence-corrected chi connectivity index (χ3v) is 3.59. The van der Waals surface area contributed by atoms with Crippen LogP contribution in [0.4, 0.5) is 0 Å². The minimum atomic E-state index is -0.762. The molecule has 0 radical (unpaired) electrons. The molecule has 1 rings (SSSR count). The number of carbonyl (C=O) groups is 1. The molecule has 0 aromatic carbocycles. The summed E-state index contributed by atoms with van der Waals surface area (Å²) in [5.41, 5.74) is 5.19. The molecule has 100 valence electrons. The molecule has 0 aromatic heterocycles. The van der Waals surface area contributed by atoms with Gasteiger partial charge in [-0.05, 0) is 38.5 Å². The summed E-state index contributed by atoms with van der Waals surface area (Å²) < 4.78 is 0. The topological polar surface area (TPSA) is 75.4 Å². The molecule has 3 atom stereocenters. The van der Waals surface area contributed by atoms with Crippen molar-refractivity contribution in [2.45, 2.75) is 64.0 Å². The minimum Gasteiger partial charge on any atom is -0.393 e. The average molecular weight is 242 g/mol. The van der Waals surface area contributed by atoms with Crippen molar-refractivity contribution in [2.75, 3.05) is 6.54 Å². The first-order valence-corrected chi connectivity index (χ1v) is 6.71. The van der Waals surface area contributed by atoms with Crippen LogP contribution in [0.15, 0.2) is 0 Å². The lowest BCUT2D eigenvalue weighted by atomic mass is 9.87. The van der Waals surface area contributed by atoms with Gasteiger partial charge >= 0.3 is 0 Å². The maximum absolute atomic E-state index is 11.9. The molecule has 0 aliphatic heterocycles. The lowest BCUT2D eigenvalue weighted by Crippen LogP contribution is -2.52. The number of hydrogen-bond donors (Lipinski definition) is 3. The SMILES string of the molecule is CCCC(C)(N)C(=O)NCC1CCCC(O)C1. The fraction of sp³-hybridized carbons (Fsp3) is 0.923. The number of nitrogens with two attached hydrogens (primary N) is 1. The second-order valence-electron chi connectivity index (χ2n) is 5.56. The number of aliphatic hydroxyl groups excluding tert-OH is 1.